The second kappa shape index (κ2) is 6.11. The molecule has 1 aromatic heterocycles. The molecule has 2 aliphatic heterocycles. The van der Waals surface area contributed by atoms with Crippen molar-refractivity contribution in [3.8, 4) is 0 Å². The van der Waals surface area contributed by atoms with Gasteiger partial charge >= 0.3 is 0 Å². The van der Waals surface area contributed by atoms with Crippen molar-refractivity contribution in [2.75, 3.05) is 25.0 Å². The summed E-state index contributed by atoms with van der Waals surface area (Å²) in [5.41, 5.74) is 0.682. The van der Waals surface area contributed by atoms with E-state index in [1.165, 1.54) is 0 Å². The molecule has 2 aromatic rings. The fourth-order valence-electron chi connectivity index (χ4n) is 3.46. The summed E-state index contributed by atoms with van der Waals surface area (Å²) in [6.07, 6.45) is 3.65. The molecule has 4 rings (SSSR count). The number of anilines is 1. The first-order valence-corrected chi connectivity index (χ1v) is 9.70. The fraction of sp³-hybridized carbons (Fsp3) is 0.353. The standard InChI is InChI=1S/C17H19N5O2S/c1-21(17-14-7-2-3-8-15(14)25(23,24)20-17)13-6-5-11-22(12-13)16-9-4-10-18-19-16/h2-4,7-10,13H,5-6,11-12H2,1H3. The molecular formula is C17H19N5O2S. The van der Waals surface area contributed by atoms with E-state index in [1.807, 2.05) is 36.2 Å². The van der Waals surface area contributed by atoms with Crippen molar-refractivity contribution in [3.05, 3.63) is 48.2 Å². The average molecular weight is 357 g/mol. The number of rotatable bonds is 2. The van der Waals surface area contributed by atoms with Gasteiger partial charge in [0, 0.05) is 37.9 Å². The molecule has 1 atom stereocenters. The van der Waals surface area contributed by atoms with E-state index >= 15 is 0 Å². The van der Waals surface area contributed by atoms with Gasteiger partial charge in [0.05, 0.1) is 0 Å². The second-order valence-corrected chi connectivity index (χ2v) is 7.89. The molecule has 1 unspecified atom stereocenters. The van der Waals surface area contributed by atoms with Gasteiger partial charge in [0.25, 0.3) is 10.0 Å². The Morgan fingerprint density at radius 2 is 2.04 bits per heavy atom. The first-order valence-electron chi connectivity index (χ1n) is 8.26. The van der Waals surface area contributed by atoms with Crippen LogP contribution in [0.1, 0.15) is 18.4 Å². The molecule has 7 nitrogen and oxygen atoms in total. The van der Waals surface area contributed by atoms with Crippen molar-refractivity contribution in [1.29, 1.82) is 0 Å². The number of aromatic nitrogens is 2. The van der Waals surface area contributed by atoms with E-state index in [2.05, 4.69) is 19.5 Å². The summed E-state index contributed by atoms with van der Waals surface area (Å²) in [7, 11) is -1.68. The molecule has 0 saturated carbocycles. The summed E-state index contributed by atoms with van der Waals surface area (Å²) in [6.45, 7) is 1.68. The Labute approximate surface area is 147 Å². The van der Waals surface area contributed by atoms with Crippen LogP contribution in [0, 0.1) is 0 Å². The Balaban J connectivity index is 1.60. The smallest absolute Gasteiger partial charge is 0.285 e. The third kappa shape index (κ3) is 2.86. The highest BCUT2D eigenvalue weighted by atomic mass is 32.2. The largest absolute Gasteiger partial charge is 0.354 e. The zero-order chi connectivity index (χ0) is 17.4. The highest BCUT2D eigenvalue weighted by Crippen LogP contribution is 2.29. The summed E-state index contributed by atoms with van der Waals surface area (Å²) in [5.74, 6) is 1.38. The zero-order valence-electron chi connectivity index (χ0n) is 13.9. The van der Waals surface area contributed by atoms with Crippen LogP contribution in [-0.2, 0) is 10.0 Å². The lowest BCUT2D eigenvalue weighted by molar-refractivity contribution is 0.314. The SMILES string of the molecule is CN(C1=NS(=O)(=O)c2ccccc21)C1CCCN(c2cccnn2)C1. The minimum Gasteiger partial charge on any atom is -0.354 e. The molecule has 0 bridgehead atoms. The molecular weight excluding hydrogens is 338 g/mol. The predicted octanol–water partition coefficient (Wildman–Crippen LogP) is 1.53. The Morgan fingerprint density at radius 1 is 1.20 bits per heavy atom. The molecule has 8 heteroatoms. The maximum atomic E-state index is 12.3. The number of piperidine rings is 1. The zero-order valence-corrected chi connectivity index (χ0v) is 14.7. The van der Waals surface area contributed by atoms with Gasteiger partial charge in [0.15, 0.2) is 11.7 Å². The number of hydrogen-bond acceptors (Lipinski definition) is 6. The van der Waals surface area contributed by atoms with Crippen LogP contribution < -0.4 is 4.90 Å². The predicted molar refractivity (Wildman–Crippen MR) is 95.2 cm³/mol. The van der Waals surface area contributed by atoms with Crippen molar-refractivity contribution < 1.29 is 8.42 Å². The van der Waals surface area contributed by atoms with E-state index in [0.717, 1.165) is 31.7 Å². The number of fused-ring (bicyclic) bond motifs is 1. The Bertz CT molecular complexity index is 914. The van der Waals surface area contributed by atoms with Crippen LogP contribution in [0.25, 0.3) is 0 Å². The minimum atomic E-state index is -3.59. The molecule has 0 amide bonds. The van der Waals surface area contributed by atoms with Gasteiger partial charge in [-0.3, -0.25) is 0 Å². The van der Waals surface area contributed by atoms with Crippen molar-refractivity contribution in [2.24, 2.45) is 4.40 Å². The monoisotopic (exact) mass is 357 g/mol. The van der Waals surface area contributed by atoms with Crippen LogP contribution in [0.15, 0.2) is 51.9 Å². The molecule has 0 N–H and O–H groups in total. The Morgan fingerprint density at radius 3 is 2.84 bits per heavy atom. The van der Waals surface area contributed by atoms with E-state index in [4.69, 9.17) is 0 Å². The van der Waals surface area contributed by atoms with Crippen LogP contribution >= 0.6 is 0 Å². The van der Waals surface area contributed by atoms with E-state index in [-0.39, 0.29) is 6.04 Å². The van der Waals surface area contributed by atoms with E-state index < -0.39 is 10.0 Å². The van der Waals surface area contributed by atoms with Gasteiger partial charge in [-0.1, -0.05) is 12.1 Å². The highest BCUT2D eigenvalue weighted by molar-refractivity contribution is 7.90. The van der Waals surface area contributed by atoms with Gasteiger partial charge in [-0.2, -0.15) is 13.5 Å². The van der Waals surface area contributed by atoms with Gasteiger partial charge < -0.3 is 9.80 Å². The first kappa shape index (κ1) is 16.0. The molecule has 1 aromatic carbocycles. The topological polar surface area (TPSA) is 78.8 Å². The number of nitrogens with zero attached hydrogens (tertiary/aromatic N) is 5. The summed E-state index contributed by atoms with van der Waals surface area (Å²) >= 11 is 0. The van der Waals surface area contributed by atoms with E-state index in [9.17, 15) is 8.42 Å². The van der Waals surface area contributed by atoms with Crippen LogP contribution in [-0.4, -0.2) is 55.5 Å². The quantitative estimate of drug-likeness (QED) is 0.811. The molecule has 0 radical (unpaired) electrons. The third-order valence-electron chi connectivity index (χ3n) is 4.77. The fourth-order valence-corrected chi connectivity index (χ4v) is 4.70. The first-order chi connectivity index (χ1) is 12.1. The minimum absolute atomic E-state index is 0.163. The van der Waals surface area contributed by atoms with Gasteiger partial charge in [0.2, 0.25) is 0 Å². The normalized spacial score (nSPS) is 21.6. The van der Waals surface area contributed by atoms with Crippen LogP contribution in [0.3, 0.4) is 0 Å². The summed E-state index contributed by atoms with van der Waals surface area (Å²) < 4.78 is 28.6. The van der Waals surface area contributed by atoms with Gasteiger partial charge in [-0.05, 0) is 37.1 Å². The number of amidine groups is 1. The summed E-state index contributed by atoms with van der Waals surface area (Å²) in [5, 5.41) is 8.13. The maximum Gasteiger partial charge on any atom is 0.285 e. The Hall–Kier alpha value is -2.48. The van der Waals surface area contributed by atoms with Gasteiger partial charge in [-0.15, -0.1) is 9.50 Å². The number of benzene rings is 1. The average Bonchev–Trinajstić information content (AvgIpc) is 2.93. The van der Waals surface area contributed by atoms with Crippen LogP contribution in [0.4, 0.5) is 5.82 Å². The second-order valence-electron chi connectivity index (χ2n) is 6.32. The van der Waals surface area contributed by atoms with Crippen molar-refractivity contribution in [1.82, 2.24) is 15.1 Å². The third-order valence-corrected chi connectivity index (χ3v) is 6.10. The van der Waals surface area contributed by atoms with E-state index in [1.54, 1.807) is 18.3 Å². The molecule has 0 spiro atoms. The number of sulfonamides is 1. The number of hydrogen-bond donors (Lipinski definition) is 0. The van der Waals surface area contributed by atoms with Gasteiger partial charge in [-0.25, -0.2) is 0 Å². The van der Waals surface area contributed by atoms with Crippen molar-refractivity contribution in [2.45, 2.75) is 23.8 Å². The molecule has 2 aliphatic rings. The molecule has 25 heavy (non-hydrogen) atoms. The molecule has 1 saturated heterocycles. The van der Waals surface area contributed by atoms with Crippen molar-refractivity contribution >= 4 is 21.7 Å². The van der Waals surface area contributed by atoms with Crippen molar-refractivity contribution in [3.63, 3.8) is 0 Å². The number of likely N-dealkylation sites (N-methyl/N-ethyl adjacent to an activating group) is 1. The van der Waals surface area contributed by atoms with Gasteiger partial charge in [0.1, 0.15) is 4.90 Å². The lowest BCUT2D eigenvalue weighted by atomic mass is 10.0. The summed E-state index contributed by atoms with van der Waals surface area (Å²) in [4.78, 5) is 4.47. The van der Waals surface area contributed by atoms with Crippen LogP contribution in [0.2, 0.25) is 0 Å². The molecule has 3 heterocycles. The van der Waals surface area contributed by atoms with E-state index in [0.29, 0.717) is 16.3 Å². The molecule has 130 valence electrons. The van der Waals surface area contributed by atoms with Crippen LogP contribution in [0.5, 0.6) is 0 Å². The molecule has 0 aliphatic carbocycles. The summed E-state index contributed by atoms with van der Waals surface area (Å²) in [6, 6.07) is 11.0. The lowest BCUT2D eigenvalue weighted by Crippen LogP contribution is -2.48. The maximum absolute atomic E-state index is 12.3. The highest BCUT2D eigenvalue weighted by Gasteiger charge is 2.34. The molecule has 1 fully saturated rings. The lowest BCUT2D eigenvalue weighted by Gasteiger charge is -2.38. The Kier molecular flexibility index (Phi) is 3.91.